The molecular weight excluding hydrogens is 324 g/mol. The van der Waals surface area contributed by atoms with Gasteiger partial charge < -0.3 is 15.0 Å². The van der Waals surface area contributed by atoms with Crippen LogP contribution in [0.5, 0.6) is 0 Å². The van der Waals surface area contributed by atoms with Crippen LogP contribution >= 0.6 is 11.6 Å². The minimum absolute atomic E-state index is 0.287. The highest BCUT2D eigenvalue weighted by Gasteiger charge is 2.04. The van der Waals surface area contributed by atoms with Gasteiger partial charge in [0.15, 0.2) is 0 Å². The Morgan fingerprint density at radius 2 is 1.71 bits per heavy atom. The monoisotopic (exact) mass is 346 g/mol. The third-order valence-electron chi connectivity index (χ3n) is 3.61. The quantitative estimate of drug-likeness (QED) is 0.739. The summed E-state index contributed by atoms with van der Waals surface area (Å²) in [4.78, 5) is 13.8. The molecule has 5 heteroatoms. The van der Waals surface area contributed by atoms with Crippen LogP contribution in [-0.2, 0) is 23.8 Å². The Morgan fingerprint density at radius 3 is 2.38 bits per heavy atom. The molecule has 0 heterocycles. The van der Waals surface area contributed by atoms with Crippen molar-refractivity contribution < 1.29 is 9.53 Å². The molecule has 0 saturated heterocycles. The van der Waals surface area contributed by atoms with Crippen molar-refractivity contribution in [1.29, 1.82) is 0 Å². The predicted octanol–water partition coefficient (Wildman–Crippen LogP) is 3.78. The highest BCUT2D eigenvalue weighted by Crippen LogP contribution is 2.08. The standard InChI is InChI=1S/C19H23ClN2O2/c1-22(14-17-9-7-16(13-20)8-10-17)12-11-21-19(23)24-15-18-5-3-2-4-6-18/h2-10H,11-15H2,1H3,(H,21,23). The number of ether oxygens (including phenoxy) is 1. The number of carbonyl (C=O) groups excluding carboxylic acids is 1. The van der Waals surface area contributed by atoms with E-state index in [1.165, 1.54) is 5.56 Å². The summed E-state index contributed by atoms with van der Waals surface area (Å²) in [5.74, 6) is 0.533. The molecule has 0 spiro atoms. The molecular formula is C19H23ClN2O2. The zero-order chi connectivity index (χ0) is 17.2. The summed E-state index contributed by atoms with van der Waals surface area (Å²) >= 11 is 5.79. The number of alkyl halides is 1. The van der Waals surface area contributed by atoms with E-state index in [9.17, 15) is 4.79 Å². The molecule has 0 unspecified atom stereocenters. The number of halogens is 1. The van der Waals surface area contributed by atoms with Gasteiger partial charge in [-0.05, 0) is 23.7 Å². The van der Waals surface area contributed by atoms with Crippen molar-refractivity contribution in [1.82, 2.24) is 10.2 Å². The van der Waals surface area contributed by atoms with E-state index in [0.717, 1.165) is 24.2 Å². The lowest BCUT2D eigenvalue weighted by atomic mass is 10.1. The molecule has 0 fully saturated rings. The van der Waals surface area contributed by atoms with E-state index in [1.54, 1.807) is 0 Å². The van der Waals surface area contributed by atoms with Crippen molar-refractivity contribution in [3.8, 4) is 0 Å². The molecule has 4 nitrogen and oxygen atoms in total. The average molecular weight is 347 g/mol. The maximum Gasteiger partial charge on any atom is 0.407 e. The second kappa shape index (κ2) is 9.96. The largest absolute Gasteiger partial charge is 0.445 e. The molecule has 0 radical (unpaired) electrons. The summed E-state index contributed by atoms with van der Waals surface area (Å²) in [6.45, 7) is 2.40. The molecule has 2 aromatic carbocycles. The molecule has 0 atom stereocenters. The highest BCUT2D eigenvalue weighted by molar-refractivity contribution is 6.17. The average Bonchev–Trinajstić information content (AvgIpc) is 2.61. The summed E-state index contributed by atoms with van der Waals surface area (Å²) in [6.07, 6.45) is -0.390. The molecule has 0 aromatic heterocycles. The van der Waals surface area contributed by atoms with E-state index in [1.807, 2.05) is 49.5 Å². The van der Waals surface area contributed by atoms with Gasteiger partial charge in [0, 0.05) is 25.5 Å². The Bertz CT molecular complexity index is 617. The normalized spacial score (nSPS) is 10.6. The summed E-state index contributed by atoms with van der Waals surface area (Å²) < 4.78 is 5.17. The number of hydrogen-bond donors (Lipinski definition) is 1. The first-order valence-corrected chi connectivity index (χ1v) is 8.47. The first kappa shape index (κ1) is 18.3. The van der Waals surface area contributed by atoms with Crippen LogP contribution in [0.15, 0.2) is 54.6 Å². The SMILES string of the molecule is CN(CCNC(=O)OCc1ccccc1)Cc1ccc(CCl)cc1. The predicted molar refractivity (Wildman–Crippen MR) is 97.0 cm³/mol. The molecule has 0 aliphatic heterocycles. The molecule has 0 bridgehead atoms. The summed E-state index contributed by atoms with van der Waals surface area (Å²) in [5, 5.41) is 2.77. The van der Waals surface area contributed by atoms with E-state index >= 15 is 0 Å². The van der Waals surface area contributed by atoms with Crippen molar-refractivity contribution in [2.75, 3.05) is 20.1 Å². The Kier molecular flexibility index (Phi) is 7.59. The Labute approximate surface area is 148 Å². The molecule has 1 N–H and O–H groups in total. The van der Waals surface area contributed by atoms with Crippen molar-refractivity contribution in [3.63, 3.8) is 0 Å². The second-order valence-corrected chi connectivity index (χ2v) is 5.94. The zero-order valence-electron chi connectivity index (χ0n) is 13.9. The maximum absolute atomic E-state index is 11.7. The van der Waals surface area contributed by atoms with E-state index in [0.29, 0.717) is 12.4 Å². The number of benzene rings is 2. The van der Waals surface area contributed by atoms with Crippen molar-refractivity contribution >= 4 is 17.7 Å². The van der Waals surface area contributed by atoms with Crippen LogP contribution in [0.25, 0.3) is 0 Å². The number of likely N-dealkylation sites (N-methyl/N-ethyl adjacent to an activating group) is 1. The highest BCUT2D eigenvalue weighted by atomic mass is 35.5. The van der Waals surface area contributed by atoms with Crippen molar-refractivity contribution in [2.45, 2.75) is 19.0 Å². The van der Waals surface area contributed by atoms with Crippen molar-refractivity contribution in [3.05, 3.63) is 71.3 Å². The molecule has 24 heavy (non-hydrogen) atoms. The van der Waals surface area contributed by atoms with Crippen LogP contribution < -0.4 is 5.32 Å². The fourth-order valence-corrected chi connectivity index (χ4v) is 2.43. The minimum atomic E-state index is -0.390. The first-order chi connectivity index (χ1) is 11.7. The Morgan fingerprint density at radius 1 is 1.04 bits per heavy atom. The number of alkyl carbamates (subject to hydrolysis) is 1. The van der Waals surface area contributed by atoms with Gasteiger partial charge in [0.05, 0.1) is 0 Å². The summed E-state index contributed by atoms with van der Waals surface area (Å²) in [5.41, 5.74) is 3.31. The van der Waals surface area contributed by atoms with Crippen LogP contribution in [0.1, 0.15) is 16.7 Å². The van der Waals surface area contributed by atoms with E-state index in [-0.39, 0.29) is 6.61 Å². The molecule has 128 valence electrons. The number of carbonyl (C=O) groups is 1. The number of hydrogen-bond acceptors (Lipinski definition) is 3. The molecule has 2 aromatic rings. The summed E-state index contributed by atoms with van der Waals surface area (Å²) in [7, 11) is 2.02. The van der Waals surface area contributed by atoms with Gasteiger partial charge in [0.1, 0.15) is 6.61 Å². The Hall–Kier alpha value is -2.04. The van der Waals surface area contributed by atoms with E-state index in [2.05, 4.69) is 22.3 Å². The van der Waals surface area contributed by atoms with Gasteiger partial charge in [-0.1, -0.05) is 54.6 Å². The second-order valence-electron chi connectivity index (χ2n) is 5.68. The smallest absolute Gasteiger partial charge is 0.407 e. The van der Waals surface area contributed by atoms with Crippen LogP contribution in [0.2, 0.25) is 0 Å². The molecule has 2 rings (SSSR count). The van der Waals surface area contributed by atoms with Gasteiger partial charge in [-0.3, -0.25) is 0 Å². The van der Waals surface area contributed by atoms with Gasteiger partial charge in [-0.2, -0.15) is 0 Å². The van der Waals surface area contributed by atoms with Gasteiger partial charge in [-0.25, -0.2) is 4.79 Å². The minimum Gasteiger partial charge on any atom is -0.445 e. The van der Waals surface area contributed by atoms with Crippen LogP contribution in [0, 0.1) is 0 Å². The number of rotatable bonds is 8. The number of amides is 1. The van der Waals surface area contributed by atoms with E-state index in [4.69, 9.17) is 16.3 Å². The number of nitrogens with one attached hydrogen (secondary N) is 1. The Balaban J connectivity index is 1.62. The molecule has 0 aliphatic rings. The van der Waals surface area contributed by atoms with Crippen molar-refractivity contribution in [2.24, 2.45) is 0 Å². The van der Waals surface area contributed by atoms with Gasteiger partial charge in [-0.15, -0.1) is 11.6 Å². The van der Waals surface area contributed by atoms with Gasteiger partial charge >= 0.3 is 6.09 Å². The van der Waals surface area contributed by atoms with Crippen LogP contribution in [0.3, 0.4) is 0 Å². The lowest BCUT2D eigenvalue weighted by molar-refractivity contribution is 0.138. The van der Waals surface area contributed by atoms with Gasteiger partial charge in [0.25, 0.3) is 0 Å². The first-order valence-electron chi connectivity index (χ1n) is 7.94. The lowest BCUT2D eigenvalue weighted by Crippen LogP contribution is -2.33. The van der Waals surface area contributed by atoms with E-state index < -0.39 is 6.09 Å². The van der Waals surface area contributed by atoms with Crippen LogP contribution in [-0.4, -0.2) is 31.1 Å². The molecule has 0 saturated carbocycles. The number of nitrogens with zero attached hydrogens (tertiary/aromatic N) is 1. The molecule has 1 amide bonds. The zero-order valence-corrected chi connectivity index (χ0v) is 14.6. The van der Waals surface area contributed by atoms with Gasteiger partial charge in [0.2, 0.25) is 0 Å². The lowest BCUT2D eigenvalue weighted by Gasteiger charge is -2.17. The van der Waals surface area contributed by atoms with Crippen LogP contribution in [0.4, 0.5) is 4.79 Å². The fourth-order valence-electron chi connectivity index (χ4n) is 2.25. The molecule has 0 aliphatic carbocycles. The topological polar surface area (TPSA) is 41.6 Å². The third kappa shape index (κ3) is 6.60. The third-order valence-corrected chi connectivity index (χ3v) is 3.91. The maximum atomic E-state index is 11.7. The summed E-state index contributed by atoms with van der Waals surface area (Å²) in [6, 6.07) is 17.9. The fraction of sp³-hybridized carbons (Fsp3) is 0.316.